The summed E-state index contributed by atoms with van der Waals surface area (Å²) >= 11 is 0. The van der Waals surface area contributed by atoms with Gasteiger partial charge in [0.2, 0.25) is 5.91 Å². The van der Waals surface area contributed by atoms with Gasteiger partial charge in [0.1, 0.15) is 0 Å². The van der Waals surface area contributed by atoms with Crippen molar-refractivity contribution in [3.63, 3.8) is 0 Å². The maximum Gasteiger partial charge on any atom is 0.222 e. The number of aliphatic imine (C=N–C) groups is 1. The number of carbonyl (C=O) groups excluding carboxylic acids is 1. The van der Waals surface area contributed by atoms with E-state index in [2.05, 4.69) is 46.3 Å². The summed E-state index contributed by atoms with van der Waals surface area (Å²) in [7, 11) is 0. The SMILES string of the molecule is CCC(=O)N1CCCN(c2ccc(/C=C3\CCCN=C3c3cccnc3)cc2)CC1. The third-order valence-electron chi connectivity index (χ3n) is 5.86. The predicted molar refractivity (Wildman–Crippen MR) is 123 cm³/mol. The fourth-order valence-corrected chi connectivity index (χ4v) is 4.23. The average Bonchev–Trinajstić information content (AvgIpc) is 3.06. The van der Waals surface area contributed by atoms with Gasteiger partial charge < -0.3 is 9.80 Å². The standard InChI is InChI=1S/C25H30N4O/c1-2-24(30)29-15-5-14-28(16-17-29)23-10-8-20(9-11-23)18-21-6-4-13-27-25(21)22-7-3-12-26-19-22/h3,7-12,18-19H,2,4-6,13-17H2,1H3/b21-18+. The number of aromatic nitrogens is 1. The molecule has 1 aromatic heterocycles. The summed E-state index contributed by atoms with van der Waals surface area (Å²) in [6, 6.07) is 12.8. The molecule has 2 aliphatic heterocycles. The Hall–Kier alpha value is -2.95. The zero-order chi connectivity index (χ0) is 20.8. The van der Waals surface area contributed by atoms with Crippen LogP contribution in [0.25, 0.3) is 6.08 Å². The Morgan fingerprint density at radius 3 is 2.70 bits per heavy atom. The third-order valence-corrected chi connectivity index (χ3v) is 5.86. The molecular weight excluding hydrogens is 372 g/mol. The Balaban J connectivity index is 1.47. The number of hydrogen-bond acceptors (Lipinski definition) is 4. The van der Waals surface area contributed by atoms with Crippen molar-refractivity contribution in [1.29, 1.82) is 0 Å². The van der Waals surface area contributed by atoms with Gasteiger partial charge >= 0.3 is 0 Å². The summed E-state index contributed by atoms with van der Waals surface area (Å²) in [6.07, 6.45) is 9.70. The van der Waals surface area contributed by atoms with Gasteiger partial charge in [-0.2, -0.15) is 0 Å². The first kappa shape index (κ1) is 20.3. The lowest BCUT2D eigenvalue weighted by Gasteiger charge is -2.24. The molecule has 5 nitrogen and oxygen atoms in total. The highest BCUT2D eigenvalue weighted by atomic mass is 16.2. The van der Waals surface area contributed by atoms with Gasteiger partial charge in [-0.15, -0.1) is 0 Å². The number of benzene rings is 1. The molecule has 30 heavy (non-hydrogen) atoms. The van der Waals surface area contributed by atoms with Gasteiger partial charge in [0.15, 0.2) is 0 Å². The molecule has 0 unspecified atom stereocenters. The number of amides is 1. The van der Waals surface area contributed by atoms with E-state index in [1.807, 2.05) is 24.1 Å². The van der Waals surface area contributed by atoms with Crippen molar-refractivity contribution in [3.05, 3.63) is 65.5 Å². The molecule has 0 aliphatic carbocycles. The van der Waals surface area contributed by atoms with E-state index in [0.717, 1.165) is 63.3 Å². The average molecular weight is 403 g/mol. The van der Waals surface area contributed by atoms with E-state index in [4.69, 9.17) is 4.99 Å². The monoisotopic (exact) mass is 402 g/mol. The Bertz CT molecular complexity index is 918. The topological polar surface area (TPSA) is 48.8 Å². The summed E-state index contributed by atoms with van der Waals surface area (Å²) in [5.74, 6) is 0.261. The van der Waals surface area contributed by atoms with E-state index in [-0.39, 0.29) is 5.91 Å². The van der Waals surface area contributed by atoms with Crippen LogP contribution < -0.4 is 4.90 Å². The number of pyridine rings is 1. The lowest BCUT2D eigenvalue weighted by atomic mass is 9.95. The molecule has 1 saturated heterocycles. The molecule has 5 heteroatoms. The maximum absolute atomic E-state index is 12.0. The molecule has 0 spiro atoms. The normalized spacial score (nSPS) is 18.8. The number of rotatable bonds is 4. The summed E-state index contributed by atoms with van der Waals surface area (Å²) in [4.78, 5) is 25.4. The highest BCUT2D eigenvalue weighted by molar-refractivity contribution is 6.15. The van der Waals surface area contributed by atoms with E-state index < -0.39 is 0 Å². The Kier molecular flexibility index (Phi) is 6.57. The summed E-state index contributed by atoms with van der Waals surface area (Å²) in [6.45, 7) is 6.38. The zero-order valence-electron chi connectivity index (χ0n) is 17.8. The fourth-order valence-electron chi connectivity index (χ4n) is 4.23. The summed E-state index contributed by atoms with van der Waals surface area (Å²) in [5.41, 5.74) is 5.88. The van der Waals surface area contributed by atoms with Gasteiger partial charge in [-0.1, -0.05) is 19.1 Å². The Morgan fingerprint density at radius 2 is 1.93 bits per heavy atom. The van der Waals surface area contributed by atoms with E-state index in [1.165, 1.54) is 16.8 Å². The third kappa shape index (κ3) is 4.78. The van der Waals surface area contributed by atoms with Gasteiger partial charge in [-0.05, 0) is 60.7 Å². The quantitative estimate of drug-likeness (QED) is 0.770. The molecular formula is C25H30N4O. The van der Waals surface area contributed by atoms with Gasteiger partial charge in [0, 0.05) is 62.8 Å². The van der Waals surface area contributed by atoms with Crippen molar-refractivity contribution >= 4 is 23.4 Å². The Labute approximate surface area is 179 Å². The van der Waals surface area contributed by atoms with Crippen LogP contribution in [-0.4, -0.2) is 54.2 Å². The van der Waals surface area contributed by atoms with E-state index in [1.54, 1.807) is 6.20 Å². The molecule has 1 amide bonds. The van der Waals surface area contributed by atoms with Crippen LogP contribution >= 0.6 is 0 Å². The molecule has 1 fully saturated rings. The van der Waals surface area contributed by atoms with E-state index in [0.29, 0.717) is 6.42 Å². The molecule has 3 heterocycles. The van der Waals surface area contributed by atoms with Gasteiger partial charge in [0.25, 0.3) is 0 Å². The number of allylic oxidation sites excluding steroid dienone is 1. The second kappa shape index (κ2) is 9.70. The molecule has 1 aromatic carbocycles. The molecule has 0 radical (unpaired) electrons. The van der Waals surface area contributed by atoms with Crippen LogP contribution in [0.15, 0.2) is 59.4 Å². The maximum atomic E-state index is 12.0. The predicted octanol–water partition coefficient (Wildman–Crippen LogP) is 4.20. The molecule has 0 saturated carbocycles. The van der Waals surface area contributed by atoms with Crippen molar-refractivity contribution in [2.75, 3.05) is 37.6 Å². The van der Waals surface area contributed by atoms with Gasteiger partial charge in [0.05, 0.1) is 5.71 Å². The second-order valence-corrected chi connectivity index (χ2v) is 7.91. The minimum Gasteiger partial charge on any atom is -0.370 e. The zero-order valence-corrected chi connectivity index (χ0v) is 17.8. The first-order chi connectivity index (χ1) is 14.7. The molecule has 0 atom stereocenters. The van der Waals surface area contributed by atoms with Crippen molar-refractivity contribution in [3.8, 4) is 0 Å². The van der Waals surface area contributed by atoms with Crippen molar-refractivity contribution in [2.45, 2.75) is 32.6 Å². The van der Waals surface area contributed by atoms with Crippen LogP contribution in [0.5, 0.6) is 0 Å². The van der Waals surface area contributed by atoms with Crippen LogP contribution in [0.4, 0.5) is 5.69 Å². The van der Waals surface area contributed by atoms with E-state index >= 15 is 0 Å². The van der Waals surface area contributed by atoms with Gasteiger partial charge in [-0.25, -0.2) is 0 Å². The Morgan fingerprint density at radius 1 is 1.07 bits per heavy atom. The molecule has 2 aromatic rings. The smallest absolute Gasteiger partial charge is 0.222 e. The lowest BCUT2D eigenvalue weighted by Crippen LogP contribution is -2.34. The summed E-state index contributed by atoms with van der Waals surface area (Å²) in [5, 5.41) is 0. The largest absolute Gasteiger partial charge is 0.370 e. The fraction of sp³-hybridized carbons (Fsp3) is 0.400. The molecule has 0 N–H and O–H groups in total. The second-order valence-electron chi connectivity index (χ2n) is 7.91. The minimum absolute atomic E-state index is 0.261. The molecule has 2 aliphatic rings. The number of nitrogens with zero attached hydrogens (tertiary/aromatic N) is 4. The van der Waals surface area contributed by atoms with Gasteiger partial charge in [-0.3, -0.25) is 14.8 Å². The van der Waals surface area contributed by atoms with Crippen molar-refractivity contribution < 1.29 is 4.79 Å². The summed E-state index contributed by atoms with van der Waals surface area (Å²) < 4.78 is 0. The van der Waals surface area contributed by atoms with Crippen LogP contribution in [0.3, 0.4) is 0 Å². The van der Waals surface area contributed by atoms with Crippen LogP contribution in [0.2, 0.25) is 0 Å². The highest BCUT2D eigenvalue weighted by Gasteiger charge is 2.18. The number of anilines is 1. The van der Waals surface area contributed by atoms with Crippen LogP contribution in [-0.2, 0) is 4.79 Å². The molecule has 0 bridgehead atoms. The van der Waals surface area contributed by atoms with Crippen molar-refractivity contribution in [1.82, 2.24) is 9.88 Å². The van der Waals surface area contributed by atoms with E-state index in [9.17, 15) is 4.79 Å². The number of hydrogen-bond donors (Lipinski definition) is 0. The highest BCUT2D eigenvalue weighted by Crippen LogP contribution is 2.24. The molecule has 4 rings (SSSR count). The minimum atomic E-state index is 0.261. The van der Waals surface area contributed by atoms with Crippen molar-refractivity contribution in [2.24, 2.45) is 4.99 Å². The van der Waals surface area contributed by atoms with Crippen LogP contribution in [0, 0.1) is 0 Å². The number of carbonyl (C=O) groups is 1. The molecule has 156 valence electrons. The first-order valence-corrected chi connectivity index (χ1v) is 11.0. The first-order valence-electron chi connectivity index (χ1n) is 11.0. The van der Waals surface area contributed by atoms with Crippen LogP contribution in [0.1, 0.15) is 43.7 Å². The lowest BCUT2D eigenvalue weighted by molar-refractivity contribution is -0.130.